The maximum absolute atomic E-state index is 13.0. The Morgan fingerprint density at radius 1 is 1.00 bits per heavy atom. The number of nitrogens with zero attached hydrogens (tertiary/aromatic N) is 3. The van der Waals surface area contributed by atoms with Crippen LogP contribution in [0.4, 0.5) is 0 Å². The van der Waals surface area contributed by atoms with Gasteiger partial charge in [-0.15, -0.1) is 0 Å². The number of carbonyl (C=O) groups is 2. The van der Waals surface area contributed by atoms with Gasteiger partial charge < -0.3 is 9.80 Å². The number of hydrogen-bond donors (Lipinski definition) is 0. The third-order valence-corrected chi connectivity index (χ3v) is 6.36. The zero-order valence-corrected chi connectivity index (χ0v) is 16.2. The summed E-state index contributed by atoms with van der Waals surface area (Å²) < 4.78 is 0. The van der Waals surface area contributed by atoms with Crippen LogP contribution < -0.4 is 0 Å². The molecule has 0 radical (unpaired) electrons. The van der Waals surface area contributed by atoms with Gasteiger partial charge in [-0.1, -0.05) is 36.8 Å². The Morgan fingerprint density at radius 3 is 2.70 bits per heavy atom. The number of fused-ring (bicyclic) bond motifs is 4. The monoisotopic (exact) mass is 369 g/mol. The third-order valence-electron chi connectivity index (χ3n) is 6.36. The molecule has 0 aliphatic carbocycles. The van der Waals surface area contributed by atoms with Gasteiger partial charge in [0.05, 0.1) is 6.54 Å². The summed E-state index contributed by atoms with van der Waals surface area (Å²) in [5, 5.41) is 0. The van der Waals surface area contributed by atoms with E-state index in [4.69, 9.17) is 0 Å². The molecule has 2 unspecified atom stereocenters. The van der Waals surface area contributed by atoms with Gasteiger partial charge in [0.15, 0.2) is 0 Å². The molecule has 2 atom stereocenters. The van der Waals surface area contributed by atoms with E-state index in [-0.39, 0.29) is 18.4 Å². The van der Waals surface area contributed by atoms with Crippen LogP contribution in [0.15, 0.2) is 30.3 Å². The Kier molecular flexibility index (Phi) is 5.77. The molecule has 5 heteroatoms. The summed E-state index contributed by atoms with van der Waals surface area (Å²) in [5.41, 5.74) is 1.34. The molecular weight excluding hydrogens is 338 g/mol. The largest absolute Gasteiger partial charge is 0.337 e. The topological polar surface area (TPSA) is 43.9 Å². The second-order valence-corrected chi connectivity index (χ2v) is 8.45. The number of rotatable bonds is 4. The van der Waals surface area contributed by atoms with Crippen molar-refractivity contribution >= 4 is 11.8 Å². The molecule has 1 aromatic carbocycles. The smallest absolute Gasteiger partial charge is 0.242 e. The molecule has 2 amide bonds. The number of hydrogen-bond acceptors (Lipinski definition) is 3. The minimum Gasteiger partial charge on any atom is -0.337 e. The average molecular weight is 370 g/mol. The van der Waals surface area contributed by atoms with E-state index in [1.165, 1.54) is 12.0 Å². The Hall–Kier alpha value is -1.88. The van der Waals surface area contributed by atoms with Crippen LogP contribution in [-0.2, 0) is 16.1 Å². The molecule has 27 heavy (non-hydrogen) atoms. The second-order valence-electron chi connectivity index (χ2n) is 8.45. The first-order valence-electron chi connectivity index (χ1n) is 10.5. The fraction of sp³-hybridized carbons (Fsp3) is 0.636. The predicted molar refractivity (Wildman–Crippen MR) is 105 cm³/mol. The maximum atomic E-state index is 13.0. The lowest BCUT2D eigenvalue weighted by Gasteiger charge is -2.37. The van der Waals surface area contributed by atoms with Crippen molar-refractivity contribution in [1.29, 1.82) is 0 Å². The van der Waals surface area contributed by atoms with Crippen molar-refractivity contribution < 1.29 is 9.59 Å². The van der Waals surface area contributed by atoms with Crippen molar-refractivity contribution in [2.24, 2.45) is 5.92 Å². The highest BCUT2D eigenvalue weighted by atomic mass is 16.2. The molecule has 4 aliphatic heterocycles. The van der Waals surface area contributed by atoms with E-state index in [1.54, 1.807) is 4.90 Å². The van der Waals surface area contributed by atoms with E-state index in [1.807, 2.05) is 0 Å². The maximum Gasteiger partial charge on any atom is 0.242 e. The summed E-state index contributed by atoms with van der Waals surface area (Å²) in [4.78, 5) is 31.7. The fourth-order valence-electron chi connectivity index (χ4n) is 4.92. The molecule has 2 bridgehead atoms. The molecule has 4 heterocycles. The standard InChI is InChI=1S/C22H31N3O2/c26-21-9-5-2-6-12-24(21)17-22(27)25-15-19-10-11-20(25)16-23(14-19)13-18-7-3-1-4-8-18/h1,3-4,7-8,19-20H,2,5-6,9-17H2. The van der Waals surface area contributed by atoms with E-state index >= 15 is 0 Å². The molecule has 0 aromatic heterocycles. The van der Waals surface area contributed by atoms with Gasteiger partial charge >= 0.3 is 0 Å². The first kappa shape index (κ1) is 18.5. The van der Waals surface area contributed by atoms with Crippen molar-refractivity contribution in [3.63, 3.8) is 0 Å². The molecule has 4 fully saturated rings. The molecule has 0 saturated carbocycles. The first-order chi connectivity index (χ1) is 13.2. The van der Waals surface area contributed by atoms with Crippen LogP contribution >= 0.6 is 0 Å². The molecule has 5 rings (SSSR count). The summed E-state index contributed by atoms with van der Waals surface area (Å²) >= 11 is 0. The van der Waals surface area contributed by atoms with Gasteiger partial charge in [0, 0.05) is 45.2 Å². The highest BCUT2D eigenvalue weighted by Crippen LogP contribution is 2.29. The van der Waals surface area contributed by atoms with Gasteiger partial charge in [0.1, 0.15) is 0 Å². The highest BCUT2D eigenvalue weighted by molar-refractivity contribution is 5.85. The molecule has 146 valence electrons. The summed E-state index contributed by atoms with van der Waals surface area (Å²) in [6.45, 7) is 4.85. The van der Waals surface area contributed by atoms with Gasteiger partial charge in [-0.05, 0) is 37.2 Å². The van der Waals surface area contributed by atoms with Crippen LogP contribution in [-0.4, -0.2) is 65.3 Å². The Bertz CT molecular complexity index is 663. The Labute approximate surface area is 162 Å². The SMILES string of the molecule is O=C1CCCCCN1CC(=O)N1CC2CCC1CN(Cc1ccccc1)C2. The molecule has 4 aliphatic rings. The Morgan fingerprint density at radius 2 is 1.85 bits per heavy atom. The fourth-order valence-corrected chi connectivity index (χ4v) is 4.92. The summed E-state index contributed by atoms with van der Waals surface area (Å²) in [6.07, 6.45) is 5.99. The normalized spacial score (nSPS) is 26.7. The molecule has 4 saturated heterocycles. The lowest BCUT2D eigenvalue weighted by molar-refractivity contribution is -0.142. The minimum atomic E-state index is 0.154. The zero-order chi connectivity index (χ0) is 18.6. The number of amides is 2. The van der Waals surface area contributed by atoms with E-state index in [9.17, 15) is 9.59 Å². The first-order valence-corrected chi connectivity index (χ1v) is 10.5. The van der Waals surface area contributed by atoms with E-state index in [0.29, 0.717) is 18.4 Å². The predicted octanol–water partition coefficient (Wildman–Crippen LogP) is 2.51. The van der Waals surface area contributed by atoms with Gasteiger partial charge in [0.2, 0.25) is 11.8 Å². The van der Waals surface area contributed by atoms with E-state index < -0.39 is 0 Å². The van der Waals surface area contributed by atoms with Gasteiger partial charge in [0.25, 0.3) is 0 Å². The van der Waals surface area contributed by atoms with E-state index in [2.05, 4.69) is 40.1 Å². The molecule has 1 aromatic rings. The van der Waals surface area contributed by atoms with Crippen molar-refractivity contribution in [3.8, 4) is 0 Å². The molecular formula is C22H31N3O2. The summed E-state index contributed by atoms with van der Waals surface area (Å²) in [6, 6.07) is 10.9. The summed E-state index contributed by atoms with van der Waals surface area (Å²) in [7, 11) is 0. The molecule has 0 N–H and O–H groups in total. The zero-order valence-electron chi connectivity index (χ0n) is 16.2. The highest BCUT2D eigenvalue weighted by Gasteiger charge is 2.37. The van der Waals surface area contributed by atoms with Crippen LogP contribution in [0.2, 0.25) is 0 Å². The van der Waals surface area contributed by atoms with Crippen LogP contribution in [0, 0.1) is 5.92 Å². The average Bonchev–Trinajstić information content (AvgIpc) is 3.07. The van der Waals surface area contributed by atoms with Crippen LogP contribution in [0.25, 0.3) is 0 Å². The number of likely N-dealkylation sites (tertiary alicyclic amines) is 1. The molecule has 5 nitrogen and oxygen atoms in total. The van der Waals surface area contributed by atoms with Crippen molar-refractivity contribution in [2.45, 2.75) is 51.1 Å². The lowest BCUT2D eigenvalue weighted by Crippen LogP contribution is -2.51. The quantitative estimate of drug-likeness (QED) is 0.819. The van der Waals surface area contributed by atoms with E-state index in [0.717, 1.165) is 58.4 Å². The van der Waals surface area contributed by atoms with Gasteiger partial charge in [-0.3, -0.25) is 14.5 Å². The number of carbonyl (C=O) groups excluding carboxylic acids is 2. The second kappa shape index (κ2) is 8.42. The van der Waals surface area contributed by atoms with Crippen molar-refractivity contribution in [2.75, 3.05) is 32.7 Å². The van der Waals surface area contributed by atoms with Gasteiger partial charge in [-0.25, -0.2) is 0 Å². The number of benzene rings is 1. The Balaban J connectivity index is 1.39. The number of piperidine rings is 1. The third kappa shape index (κ3) is 4.52. The van der Waals surface area contributed by atoms with Crippen LogP contribution in [0.3, 0.4) is 0 Å². The minimum absolute atomic E-state index is 0.154. The van der Waals surface area contributed by atoms with Gasteiger partial charge in [-0.2, -0.15) is 0 Å². The van der Waals surface area contributed by atoms with Crippen LogP contribution in [0.5, 0.6) is 0 Å². The van der Waals surface area contributed by atoms with Crippen molar-refractivity contribution in [3.05, 3.63) is 35.9 Å². The summed E-state index contributed by atoms with van der Waals surface area (Å²) in [5.74, 6) is 0.865. The molecule has 0 spiro atoms. The van der Waals surface area contributed by atoms with Crippen molar-refractivity contribution in [1.82, 2.24) is 14.7 Å². The van der Waals surface area contributed by atoms with Crippen LogP contribution in [0.1, 0.15) is 44.1 Å². The lowest BCUT2D eigenvalue weighted by atomic mass is 9.95.